The normalized spacial score (nSPS) is 11.2. The van der Waals surface area contributed by atoms with Crippen LogP contribution in [0.4, 0.5) is 0 Å². The highest BCUT2D eigenvalue weighted by Crippen LogP contribution is 2.21. The molecule has 0 aliphatic carbocycles. The molecule has 0 bridgehead atoms. The Balaban J connectivity index is 3.06. The highest BCUT2D eigenvalue weighted by Gasteiger charge is 2.26. The van der Waals surface area contributed by atoms with Crippen molar-refractivity contribution in [3.63, 3.8) is 0 Å². The minimum atomic E-state index is -0.568. The molecule has 0 aliphatic heterocycles. The van der Waals surface area contributed by atoms with Crippen molar-refractivity contribution in [3.05, 3.63) is 35.9 Å². The van der Waals surface area contributed by atoms with Crippen LogP contribution in [0.25, 0.3) is 0 Å². The van der Waals surface area contributed by atoms with Gasteiger partial charge in [-0.15, -0.1) is 0 Å². The number of carbonyl (C=O) groups excluding carboxylic acids is 1. The summed E-state index contributed by atoms with van der Waals surface area (Å²) in [6.45, 7) is 3.65. The second-order valence-corrected chi connectivity index (χ2v) is 3.36. The number of nitrogens with two attached hydrogens (primary N) is 1. The Labute approximate surface area is 72.4 Å². The van der Waals surface area contributed by atoms with Gasteiger partial charge in [-0.3, -0.25) is 4.79 Å². The van der Waals surface area contributed by atoms with Gasteiger partial charge in [-0.1, -0.05) is 30.3 Å². The van der Waals surface area contributed by atoms with E-state index in [1.54, 1.807) is 0 Å². The van der Waals surface area contributed by atoms with Crippen molar-refractivity contribution in [2.75, 3.05) is 0 Å². The third-order valence-corrected chi connectivity index (χ3v) is 2.11. The van der Waals surface area contributed by atoms with E-state index in [1.807, 2.05) is 44.2 Å². The Morgan fingerprint density at radius 3 is 2.17 bits per heavy atom. The summed E-state index contributed by atoms with van der Waals surface area (Å²) in [7, 11) is 0. The summed E-state index contributed by atoms with van der Waals surface area (Å²) < 4.78 is 0. The van der Waals surface area contributed by atoms with E-state index >= 15 is 0 Å². The molecule has 0 unspecified atom stereocenters. The molecule has 0 saturated heterocycles. The van der Waals surface area contributed by atoms with Gasteiger partial charge in [0.25, 0.3) is 0 Å². The van der Waals surface area contributed by atoms with Crippen molar-refractivity contribution in [1.29, 1.82) is 0 Å². The standard InChI is InChI=1S/C10H13NO/c1-10(2,9(11)12)8-6-4-3-5-7-8/h3-7H,1-2H3,(H2,11,12). The lowest BCUT2D eigenvalue weighted by atomic mass is 9.84. The number of carbonyl (C=O) groups is 1. The second kappa shape index (κ2) is 2.97. The van der Waals surface area contributed by atoms with Gasteiger partial charge in [0.05, 0.1) is 5.41 Å². The summed E-state index contributed by atoms with van der Waals surface area (Å²) in [6, 6.07) is 9.54. The molecule has 2 N–H and O–H groups in total. The van der Waals surface area contributed by atoms with Crippen LogP contribution in [0.2, 0.25) is 0 Å². The maximum atomic E-state index is 11.0. The minimum Gasteiger partial charge on any atom is -0.369 e. The molecule has 1 aromatic carbocycles. The van der Waals surface area contributed by atoms with Gasteiger partial charge in [-0.05, 0) is 19.4 Å². The zero-order valence-corrected chi connectivity index (χ0v) is 7.37. The monoisotopic (exact) mass is 163 g/mol. The second-order valence-electron chi connectivity index (χ2n) is 3.36. The van der Waals surface area contributed by atoms with Crippen LogP contribution in [-0.4, -0.2) is 5.91 Å². The Bertz CT molecular complexity index is 277. The van der Waals surface area contributed by atoms with E-state index < -0.39 is 5.41 Å². The fourth-order valence-corrected chi connectivity index (χ4v) is 0.997. The van der Waals surface area contributed by atoms with Gasteiger partial charge < -0.3 is 5.73 Å². The molecule has 2 heteroatoms. The van der Waals surface area contributed by atoms with Crippen molar-refractivity contribution >= 4 is 5.91 Å². The largest absolute Gasteiger partial charge is 0.369 e. The molecule has 0 radical (unpaired) electrons. The van der Waals surface area contributed by atoms with Crippen LogP contribution in [0.5, 0.6) is 0 Å². The van der Waals surface area contributed by atoms with E-state index in [4.69, 9.17) is 5.73 Å². The number of hydrogen-bond donors (Lipinski definition) is 1. The van der Waals surface area contributed by atoms with E-state index in [9.17, 15) is 4.79 Å². The lowest BCUT2D eigenvalue weighted by Gasteiger charge is -2.20. The topological polar surface area (TPSA) is 43.1 Å². The Morgan fingerprint density at radius 1 is 1.25 bits per heavy atom. The van der Waals surface area contributed by atoms with Crippen LogP contribution in [0, 0.1) is 0 Å². The molecule has 0 heterocycles. The summed E-state index contributed by atoms with van der Waals surface area (Å²) >= 11 is 0. The minimum absolute atomic E-state index is 0.297. The molecule has 0 spiro atoms. The molecular weight excluding hydrogens is 150 g/mol. The molecule has 1 rings (SSSR count). The molecule has 1 aromatic rings. The SMILES string of the molecule is CC(C)(C(N)=O)c1ccccc1. The zero-order chi connectivity index (χ0) is 9.19. The molecular formula is C10H13NO. The fraction of sp³-hybridized carbons (Fsp3) is 0.300. The van der Waals surface area contributed by atoms with Gasteiger partial charge >= 0.3 is 0 Å². The van der Waals surface area contributed by atoms with Crippen LogP contribution >= 0.6 is 0 Å². The molecule has 0 fully saturated rings. The smallest absolute Gasteiger partial charge is 0.227 e. The molecule has 12 heavy (non-hydrogen) atoms. The average molecular weight is 163 g/mol. The molecule has 0 saturated carbocycles. The van der Waals surface area contributed by atoms with Crippen molar-refractivity contribution in [2.24, 2.45) is 5.73 Å². The fourth-order valence-electron chi connectivity index (χ4n) is 0.997. The van der Waals surface area contributed by atoms with Crippen molar-refractivity contribution in [3.8, 4) is 0 Å². The Hall–Kier alpha value is -1.31. The Kier molecular flexibility index (Phi) is 2.18. The maximum Gasteiger partial charge on any atom is 0.227 e. The van der Waals surface area contributed by atoms with Gasteiger partial charge in [0.1, 0.15) is 0 Å². The van der Waals surface area contributed by atoms with Crippen molar-refractivity contribution in [2.45, 2.75) is 19.3 Å². The first kappa shape index (κ1) is 8.78. The van der Waals surface area contributed by atoms with Crippen LogP contribution in [0.15, 0.2) is 30.3 Å². The molecule has 0 aliphatic rings. The van der Waals surface area contributed by atoms with Gasteiger partial charge in [-0.25, -0.2) is 0 Å². The number of benzene rings is 1. The molecule has 2 nitrogen and oxygen atoms in total. The van der Waals surface area contributed by atoms with Gasteiger partial charge in [0, 0.05) is 0 Å². The number of amides is 1. The average Bonchev–Trinajstić information content (AvgIpc) is 2.06. The first-order valence-corrected chi connectivity index (χ1v) is 3.90. The summed E-state index contributed by atoms with van der Waals surface area (Å²) in [4.78, 5) is 11.0. The molecule has 0 aromatic heterocycles. The van der Waals surface area contributed by atoms with E-state index in [-0.39, 0.29) is 5.91 Å². The van der Waals surface area contributed by atoms with Crippen LogP contribution in [0.3, 0.4) is 0 Å². The van der Waals surface area contributed by atoms with Crippen LogP contribution < -0.4 is 5.73 Å². The third kappa shape index (κ3) is 1.47. The van der Waals surface area contributed by atoms with E-state index in [0.717, 1.165) is 5.56 Å². The highest BCUT2D eigenvalue weighted by molar-refractivity contribution is 5.85. The van der Waals surface area contributed by atoms with Gasteiger partial charge in [0.15, 0.2) is 0 Å². The van der Waals surface area contributed by atoms with E-state index in [0.29, 0.717) is 0 Å². The first-order valence-electron chi connectivity index (χ1n) is 3.90. The van der Waals surface area contributed by atoms with Gasteiger partial charge in [-0.2, -0.15) is 0 Å². The van der Waals surface area contributed by atoms with Crippen LogP contribution in [0.1, 0.15) is 19.4 Å². The summed E-state index contributed by atoms with van der Waals surface area (Å²) in [5.41, 5.74) is 5.65. The van der Waals surface area contributed by atoms with Crippen molar-refractivity contribution in [1.82, 2.24) is 0 Å². The van der Waals surface area contributed by atoms with E-state index in [1.165, 1.54) is 0 Å². The number of rotatable bonds is 2. The van der Waals surface area contributed by atoms with E-state index in [2.05, 4.69) is 0 Å². The zero-order valence-electron chi connectivity index (χ0n) is 7.37. The predicted molar refractivity (Wildman–Crippen MR) is 48.7 cm³/mol. The molecule has 1 amide bonds. The highest BCUT2D eigenvalue weighted by atomic mass is 16.1. The third-order valence-electron chi connectivity index (χ3n) is 2.11. The maximum absolute atomic E-state index is 11.0. The molecule has 0 atom stereocenters. The quantitative estimate of drug-likeness (QED) is 0.704. The summed E-state index contributed by atoms with van der Waals surface area (Å²) in [6.07, 6.45) is 0. The van der Waals surface area contributed by atoms with Gasteiger partial charge in [0.2, 0.25) is 5.91 Å². The number of hydrogen-bond acceptors (Lipinski definition) is 1. The summed E-state index contributed by atoms with van der Waals surface area (Å²) in [5.74, 6) is -0.297. The lowest BCUT2D eigenvalue weighted by Crippen LogP contribution is -2.35. The number of primary amides is 1. The molecule has 64 valence electrons. The lowest BCUT2D eigenvalue weighted by molar-refractivity contribution is -0.122. The van der Waals surface area contributed by atoms with Crippen LogP contribution in [-0.2, 0) is 10.2 Å². The summed E-state index contributed by atoms with van der Waals surface area (Å²) in [5, 5.41) is 0. The van der Waals surface area contributed by atoms with Crippen molar-refractivity contribution < 1.29 is 4.79 Å². The first-order chi connectivity index (χ1) is 5.55. The Morgan fingerprint density at radius 2 is 1.75 bits per heavy atom. The predicted octanol–water partition coefficient (Wildman–Crippen LogP) is 1.45.